The van der Waals surface area contributed by atoms with E-state index >= 15 is 0 Å². The largest absolute Gasteiger partial charge is 0.477 e. The van der Waals surface area contributed by atoms with Crippen molar-refractivity contribution in [3.8, 4) is 5.88 Å². The third kappa shape index (κ3) is 6.78. The predicted octanol–water partition coefficient (Wildman–Crippen LogP) is 3.49. The summed E-state index contributed by atoms with van der Waals surface area (Å²) in [6, 6.07) is 10.4. The number of halogens is 2. The summed E-state index contributed by atoms with van der Waals surface area (Å²) in [5.74, 6) is 1.80. The van der Waals surface area contributed by atoms with E-state index in [0.717, 1.165) is 23.7 Å². The second-order valence-electron chi connectivity index (χ2n) is 6.17. The van der Waals surface area contributed by atoms with Crippen molar-refractivity contribution in [3.05, 3.63) is 59.5 Å². The fraction of sp³-hybridized carbons (Fsp3) is 0.368. The van der Waals surface area contributed by atoms with E-state index in [1.165, 1.54) is 25.0 Å². The molecule has 1 aliphatic rings. The molecule has 1 aliphatic carbocycles. The van der Waals surface area contributed by atoms with Crippen LogP contribution in [0.5, 0.6) is 5.88 Å². The molecular formula is C19H24FIN4O. The highest BCUT2D eigenvalue weighted by Crippen LogP contribution is 2.29. The molecule has 0 atom stereocenters. The minimum absolute atomic E-state index is 0. The number of rotatable bonds is 7. The van der Waals surface area contributed by atoms with E-state index in [9.17, 15) is 4.39 Å². The minimum Gasteiger partial charge on any atom is -0.477 e. The van der Waals surface area contributed by atoms with Crippen LogP contribution in [0.3, 0.4) is 0 Å². The lowest BCUT2D eigenvalue weighted by Crippen LogP contribution is -2.36. The summed E-state index contributed by atoms with van der Waals surface area (Å²) in [6.07, 6.45) is 4.34. The molecule has 1 fully saturated rings. The first kappa shape index (κ1) is 20.4. The molecule has 2 aromatic rings. The van der Waals surface area contributed by atoms with E-state index in [-0.39, 0.29) is 29.8 Å². The zero-order chi connectivity index (χ0) is 17.5. The average Bonchev–Trinajstić information content (AvgIpc) is 3.45. The van der Waals surface area contributed by atoms with Crippen LogP contribution in [0.25, 0.3) is 0 Å². The SMILES string of the molecule is CN=C(NCc1ccc(OCC2CC2)nc1)NCc1cccc(F)c1.I. The van der Waals surface area contributed by atoms with Crippen LogP contribution in [-0.2, 0) is 13.1 Å². The lowest BCUT2D eigenvalue weighted by atomic mass is 10.2. The lowest BCUT2D eigenvalue weighted by Gasteiger charge is -2.12. The first-order valence-corrected chi connectivity index (χ1v) is 8.49. The van der Waals surface area contributed by atoms with Crippen LogP contribution in [0.1, 0.15) is 24.0 Å². The standard InChI is InChI=1S/C19H23FN4O.HI/c1-21-19(23-10-15-3-2-4-17(20)9-15)24-12-16-7-8-18(22-11-16)25-13-14-5-6-14;/h2-4,7-9,11,14H,5-6,10,12-13H2,1H3,(H2,21,23,24);1H. The molecular weight excluding hydrogens is 446 g/mol. The maximum Gasteiger partial charge on any atom is 0.213 e. The number of benzene rings is 1. The molecule has 0 radical (unpaired) electrons. The van der Waals surface area contributed by atoms with Gasteiger partial charge in [0.25, 0.3) is 0 Å². The van der Waals surface area contributed by atoms with Gasteiger partial charge in [0.1, 0.15) is 5.82 Å². The summed E-state index contributed by atoms with van der Waals surface area (Å²) < 4.78 is 18.8. The number of aromatic nitrogens is 1. The summed E-state index contributed by atoms with van der Waals surface area (Å²) in [4.78, 5) is 8.49. The number of aliphatic imine (C=N–C) groups is 1. The molecule has 1 saturated carbocycles. The monoisotopic (exact) mass is 470 g/mol. The molecule has 3 rings (SSSR count). The van der Waals surface area contributed by atoms with Gasteiger partial charge in [-0.3, -0.25) is 4.99 Å². The van der Waals surface area contributed by atoms with E-state index in [4.69, 9.17) is 4.74 Å². The third-order valence-electron chi connectivity index (χ3n) is 3.99. The average molecular weight is 470 g/mol. The van der Waals surface area contributed by atoms with E-state index in [0.29, 0.717) is 24.9 Å². The zero-order valence-corrected chi connectivity index (χ0v) is 17.1. The Hall–Kier alpha value is -1.90. The van der Waals surface area contributed by atoms with Gasteiger partial charge in [-0.25, -0.2) is 9.37 Å². The highest BCUT2D eigenvalue weighted by atomic mass is 127. The Morgan fingerprint density at radius 2 is 1.96 bits per heavy atom. The van der Waals surface area contributed by atoms with Crippen LogP contribution in [0.4, 0.5) is 4.39 Å². The smallest absolute Gasteiger partial charge is 0.213 e. The van der Waals surface area contributed by atoms with Gasteiger partial charge in [0.2, 0.25) is 5.88 Å². The van der Waals surface area contributed by atoms with Crippen molar-refractivity contribution in [2.24, 2.45) is 10.9 Å². The normalized spacial score (nSPS) is 13.7. The molecule has 0 unspecified atom stereocenters. The summed E-state index contributed by atoms with van der Waals surface area (Å²) in [5, 5.41) is 6.38. The molecule has 1 heterocycles. The van der Waals surface area contributed by atoms with Gasteiger partial charge in [0.05, 0.1) is 6.61 Å². The number of nitrogens with zero attached hydrogens (tertiary/aromatic N) is 2. The molecule has 26 heavy (non-hydrogen) atoms. The first-order valence-electron chi connectivity index (χ1n) is 8.49. The molecule has 7 heteroatoms. The van der Waals surface area contributed by atoms with E-state index < -0.39 is 0 Å². The van der Waals surface area contributed by atoms with E-state index in [1.807, 2.05) is 18.2 Å². The predicted molar refractivity (Wildman–Crippen MR) is 111 cm³/mol. The van der Waals surface area contributed by atoms with Gasteiger partial charge >= 0.3 is 0 Å². The second-order valence-corrected chi connectivity index (χ2v) is 6.17. The molecule has 0 aliphatic heterocycles. The molecule has 5 nitrogen and oxygen atoms in total. The van der Waals surface area contributed by atoms with Crippen molar-refractivity contribution in [1.82, 2.24) is 15.6 Å². The Morgan fingerprint density at radius 3 is 2.58 bits per heavy atom. The summed E-state index contributed by atoms with van der Waals surface area (Å²) >= 11 is 0. The molecule has 0 amide bonds. The lowest BCUT2D eigenvalue weighted by molar-refractivity contribution is 0.288. The van der Waals surface area contributed by atoms with Gasteiger partial charge in [0, 0.05) is 32.4 Å². The van der Waals surface area contributed by atoms with E-state index in [1.54, 1.807) is 19.3 Å². The topological polar surface area (TPSA) is 58.5 Å². The highest BCUT2D eigenvalue weighted by Gasteiger charge is 2.21. The van der Waals surface area contributed by atoms with Crippen molar-refractivity contribution < 1.29 is 9.13 Å². The summed E-state index contributed by atoms with van der Waals surface area (Å²) in [6.45, 7) is 1.86. The van der Waals surface area contributed by atoms with Gasteiger partial charge in [0.15, 0.2) is 5.96 Å². The molecule has 0 bridgehead atoms. The molecule has 140 valence electrons. The molecule has 0 spiro atoms. The van der Waals surface area contributed by atoms with Crippen molar-refractivity contribution in [2.45, 2.75) is 25.9 Å². The van der Waals surface area contributed by atoms with Crippen LogP contribution < -0.4 is 15.4 Å². The first-order chi connectivity index (χ1) is 12.2. The van der Waals surface area contributed by atoms with Gasteiger partial charge in [-0.2, -0.15) is 0 Å². The second kappa shape index (κ2) is 10.3. The Morgan fingerprint density at radius 1 is 1.19 bits per heavy atom. The quantitative estimate of drug-likeness (QED) is 0.370. The number of ether oxygens (including phenoxy) is 1. The van der Waals surface area contributed by atoms with Gasteiger partial charge in [-0.05, 0) is 42.0 Å². The molecule has 1 aromatic heterocycles. The fourth-order valence-corrected chi connectivity index (χ4v) is 2.33. The van der Waals surface area contributed by atoms with Crippen LogP contribution >= 0.6 is 24.0 Å². The number of hydrogen-bond donors (Lipinski definition) is 2. The van der Waals surface area contributed by atoms with Crippen LogP contribution in [0.15, 0.2) is 47.6 Å². The Labute approximate surface area is 170 Å². The minimum atomic E-state index is -0.239. The maximum atomic E-state index is 13.2. The van der Waals surface area contributed by atoms with Crippen LogP contribution in [-0.4, -0.2) is 24.6 Å². The molecule has 2 N–H and O–H groups in total. The van der Waals surface area contributed by atoms with Gasteiger partial charge < -0.3 is 15.4 Å². The van der Waals surface area contributed by atoms with Gasteiger partial charge in [-0.15, -0.1) is 24.0 Å². The summed E-state index contributed by atoms with van der Waals surface area (Å²) in [5.41, 5.74) is 1.90. The number of pyridine rings is 1. The number of nitrogens with one attached hydrogen (secondary N) is 2. The van der Waals surface area contributed by atoms with E-state index in [2.05, 4.69) is 20.6 Å². The zero-order valence-electron chi connectivity index (χ0n) is 14.7. The Bertz CT molecular complexity index is 720. The molecule has 0 saturated heterocycles. The van der Waals surface area contributed by atoms with Crippen molar-refractivity contribution in [3.63, 3.8) is 0 Å². The van der Waals surface area contributed by atoms with Gasteiger partial charge in [-0.1, -0.05) is 18.2 Å². The third-order valence-corrected chi connectivity index (χ3v) is 3.99. The Kier molecular flexibility index (Phi) is 8.08. The van der Waals surface area contributed by atoms with Crippen molar-refractivity contribution in [1.29, 1.82) is 0 Å². The molecule has 1 aromatic carbocycles. The van der Waals surface area contributed by atoms with Crippen LogP contribution in [0.2, 0.25) is 0 Å². The Balaban J connectivity index is 0.00000243. The van der Waals surface area contributed by atoms with Crippen molar-refractivity contribution in [2.75, 3.05) is 13.7 Å². The fourth-order valence-electron chi connectivity index (χ4n) is 2.33. The summed E-state index contributed by atoms with van der Waals surface area (Å²) in [7, 11) is 1.70. The number of guanidine groups is 1. The van der Waals surface area contributed by atoms with Crippen LogP contribution in [0, 0.1) is 11.7 Å². The number of hydrogen-bond acceptors (Lipinski definition) is 3. The maximum absolute atomic E-state index is 13.2. The highest BCUT2D eigenvalue weighted by molar-refractivity contribution is 14.0. The van der Waals surface area contributed by atoms with Crippen molar-refractivity contribution >= 4 is 29.9 Å².